The van der Waals surface area contributed by atoms with E-state index >= 15 is 0 Å². The van der Waals surface area contributed by atoms with Gasteiger partial charge >= 0.3 is 6.09 Å². The van der Waals surface area contributed by atoms with Crippen LogP contribution in [-0.2, 0) is 4.74 Å². The lowest BCUT2D eigenvalue weighted by molar-refractivity contribution is 0.0502. The molecule has 3 rings (SSSR count). The van der Waals surface area contributed by atoms with Gasteiger partial charge in [-0.3, -0.25) is 4.79 Å². The predicted octanol–water partition coefficient (Wildman–Crippen LogP) is 4.22. The lowest BCUT2D eigenvalue weighted by atomic mass is 10.0. The first-order valence-corrected chi connectivity index (χ1v) is 9.21. The van der Waals surface area contributed by atoms with Crippen LogP contribution in [0.4, 0.5) is 4.79 Å². The number of carbonyl (C=O) groups is 2. The van der Waals surface area contributed by atoms with Crippen LogP contribution in [0.25, 0.3) is 16.8 Å². The molecule has 27 heavy (non-hydrogen) atoms. The molecule has 0 aromatic heterocycles. The van der Waals surface area contributed by atoms with Crippen molar-refractivity contribution in [1.82, 2.24) is 10.2 Å². The second kappa shape index (κ2) is 7.43. The first kappa shape index (κ1) is 19.0. The summed E-state index contributed by atoms with van der Waals surface area (Å²) < 4.78 is 5.29. The van der Waals surface area contributed by atoms with Crippen LogP contribution in [0.15, 0.2) is 43.0 Å². The van der Waals surface area contributed by atoms with Crippen LogP contribution in [-0.4, -0.2) is 41.6 Å². The van der Waals surface area contributed by atoms with E-state index in [4.69, 9.17) is 4.74 Å². The molecule has 1 heterocycles. The van der Waals surface area contributed by atoms with Crippen LogP contribution in [0.5, 0.6) is 0 Å². The Kier molecular flexibility index (Phi) is 5.22. The van der Waals surface area contributed by atoms with Crippen molar-refractivity contribution in [2.75, 3.05) is 13.1 Å². The Morgan fingerprint density at radius 1 is 1.26 bits per heavy atom. The number of hydrogen-bond donors (Lipinski definition) is 1. The molecule has 5 heteroatoms. The fraction of sp³-hybridized carbons (Fsp3) is 0.364. The van der Waals surface area contributed by atoms with Crippen LogP contribution >= 0.6 is 0 Å². The molecular weight excluding hydrogens is 340 g/mol. The van der Waals surface area contributed by atoms with Crippen LogP contribution in [0, 0.1) is 0 Å². The Labute approximate surface area is 160 Å². The van der Waals surface area contributed by atoms with Gasteiger partial charge in [0.05, 0.1) is 6.04 Å². The molecule has 0 spiro atoms. The number of nitrogens with zero attached hydrogens (tertiary/aromatic N) is 1. The highest BCUT2D eigenvalue weighted by Crippen LogP contribution is 2.23. The average molecular weight is 366 g/mol. The van der Waals surface area contributed by atoms with Crippen molar-refractivity contribution in [1.29, 1.82) is 0 Å². The van der Waals surface area contributed by atoms with Crippen molar-refractivity contribution in [3.05, 3.63) is 54.1 Å². The minimum atomic E-state index is -0.534. The summed E-state index contributed by atoms with van der Waals surface area (Å²) in [6.45, 7) is 10.4. The van der Waals surface area contributed by atoms with Gasteiger partial charge in [0.15, 0.2) is 0 Å². The summed E-state index contributed by atoms with van der Waals surface area (Å²) in [4.78, 5) is 26.6. The fourth-order valence-corrected chi connectivity index (χ4v) is 3.34. The van der Waals surface area contributed by atoms with Gasteiger partial charge in [0.1, 0.15) is 5.60 Å². The third-order valence-electron chi connectivity index (χ3n) is 4.58. The molecule has 1 atom stereocenters. The largest absolute Gasteiger partial charge is 0.444 e. The van der Waals surface area contributed by atoms with Gasteiger partial charge in [-0.2, -0.15) is 0 Å². The van der Waals surface area contributed by atoms with Crippen LogP contribution < -0.4 is 5.32 Å². The number of alkyl carbamates (subject to hydrolysis) is 1. The monoisotopic (exact) mass is 366 g/mol. The van der Waals surface area contributed by atoms with E-state index in [0.717, 1.165) is 22.8 Å². The standard InChI is InChI=1S/C22H26N2O3/c1-5-15-7-6-8-16-13-17(9-10-19(15)16)20(25)24-12-11-18(14-24)23-21(26)27-22(2,3)4/h5-10,13,18H,1,11-12,14H2,2-4H3,(H,23,26). The molecule has 1 aliphatic heterocycles. The first-order chi connectivity index (χ1) is 12.8. The van der Waals surface area contributed by atoms with E-state index in [0.29, 0.717) is 18.7 Å². The fourth-order valence-electron chi connectivity index (χ4n) is 3.34. The van der Waals surface area contributed by atoms with E-state index in [1.807, 2.05) is 63.2 Å². The maximum absolute atomic E-state index is 12.9. The molecule has 1 fully saturated rings. The Bertz CT molecular complexity index is 883. The molecule has 0 saturated carbocycles. The number of likely N-dealkylation sites (tertiary alicyclic amines) is 1. The van der Waals surface area contributed by atoms with Crippen molar-refractivity contribution in [2.24, 2.45) is 0 Å². The molecule has 0 aliphatic carbocycles. The summed E-state index contributed by atoms with van der Waals surface area (Å²) >= 11 is 0. The van der Waals surface area contributed by atoms with E-state index in [2.05, 4.69) is 11.9 Å². The zero-order chi connectivity index (χ0) is 19.6. The topological polar surface area (TPSA) is 58.6 Å². The van der Waals surface area contributed by atoms with Crippen LogP contribution in [0.3, 0.4) is 0 Å². The number of ether oxygens (including phenoxy) is 1. The SMILES string of the molecule is C=Cc1cccc2cc(C(=O)N3CCC(NC(=O)OC(C)(C)C)C3)ccc12. The third kappa shape index (κ3) is 4.48. The molecule has 142 valence electrons. The molecular formula is C22H26N2O3. The zero-order valence-electron chi connectivity index (χ0n) is 16.1. The van der Waals surface area contributed by atoms with Crippen LogP contribution in [0.2, 0.25) is 0 Å². The van der Waals surface area contributed by atoms with Gasteiger partial charge < -0.3 is 15.0 Å². The van der Waals surface area contributed by atoms with E-state index in [1.54, 1.807) is 4.90 Å². The van der Waals surface area contributed by atoms with Gasteiger partial charge in [-0.15, -0.1) is 0 Å². The lowest BCUT2D eigenvalue weighted by Crippen LogP contribution is -2.41. The highest BCUT2D eigenvalue weighted by atomic mass is 16.6. The van der Waals surface area contributed by atoms with Crippen molar-refractivity contribution in [3.8, 4) is 0 Å². The number of nitrogens with one attached hydrogen (secondary N) is 1. The summed E-state index contributed by atoms with van der Waals surface area (Å²) in [5.74, 6) is -0.0191. The molecule has 2 aromatic rings. The molecule has 2 aromatic carbocycles. The normalized spacial score (nSPS) is 17.0. The summed E-state index contributed by atoms with van der Waals surface area (Å²) in [7, 11) is 0. The third-order valence-corrected chi connectivity index (χ3v) is 4.58. The Morgan fingerprint density at radius 3 is 2.74 bits per heavy atom. The van der Waals surface area contributed by atoms with Crippen LogP contribution in [0.1, 0.15) is 43.1 Å². The average Bonchev–Trinajstić information content (AvgIpc) is 3.06. The Morgan fingerprint density at radius 2 is 2.04 bits per heavy atom. The highest BCUT2D eigenvalue weighted by molar-refractivity contribution is 6.00. The first-order valence-electron chi connectivity index (χ1n) is 9.21. The number of amides is 2. The van der Waals surface area contributed by atoms with Crippen molar-refractivity contribution in [3.63, 3.8) is 0 Å². The van der Waals surface area contributed by atoms with Gasteiger partial charge in [0.2, 0.25) is 0 Å². The summed E-state index contributed by atoms with van der Waals surface area (Å²) in [6, 6.07) is 11.6. The summed E-state index contributed by atoms with van der Waals surface area (Å²) in [5, 5.41) is 4.94. The van der Waals surface area contributed by atoms with Gasteiger partial charge in [0.25, 0.3) is 5.91 Å². The molecule has 1 N–H and O–H groups in total. The maximum atomic E-state index is 12.9. The quantitative estimate of drug-likeness (QED) is 0.885. The van der Waals surface area contributed by atoms with E-state index in [1.165, 1.54) is 0 Å². The molecule has 1 unspecified atom stereocenters. The molecule has 1 saturated heterocycles. The Hall–Kier alpha value is -2.82. The number of rotatable bonds is 3. The van der Waals surface area contributed by atoms with Gasteiger partial charge in [-0.05, 0) is 55.7 Å². The van der Waals surface area contributed by atoms with E-state index < -0.39 is 11.7 Å². The van der Waals surface area contributed by atoms with Crippen molar-refractivity contribution < 1.29 is 14.3 Å². The van der Waals surface area contributed by atoms with Crippen molar-refractivity contribution >= 4 is 28.8 Å². The number of fused-ring (bicyclic) bond motifs is 1. The lowest BCUT2D eigenvalue weighted by Gasteiger charge is -2.22. The number of benzene rings is 2. The zero-order valence-corrected chi connectivity index (χ0v) is 16.1. The Balaban J connectivity index is 1.67. The minimum Gasteiger partial charge on any atom is -0.444 e. The maximum Gasteiger partial charge on any atom is 0.407 e. The second-order valence-corrected chi connectivity index (χ2v) is 7.87. The van der Waals surface area contributed by atoms with Gasteiger partial charge in [-0.1, -0.05) is 36.9 Å². The molecule has 5 nitrogen and oxygen atoms in total. The summed E-state index contributed by atoms with van der Waals surface area (Å²) in [6.07, 6.45) is 2.10. The molecule has 1 aliphatic rings. The summed E-state index contributed by atoms with van der Waals surface area (Å²) in [5.41, 5.74) is 1.17. The smallest absolute Gasteiger partial charge is 0.407 e. The van der Waals surface area contributed by atoms with E-state index in [-0.39, 0.29) is 11.9 Å². The number of hydrogen-bond acceptors (Lipinski definition) is 3. The molecule has 2 amide bonds. The number of carbonyl (C=O) groups excluding carboxylic acids is 2. The van der Waals surface area contributed by atoms with E-state index in [9.17, 15) is 9.59 Å². The molecule has 0 radical (unpaired) electrons. The van der Waals surface area contributed by atoms with Gasteiger partial charge in [0, 0.05) is 18.7 Å². The predicted molar refractivity (Wildman–Crippen MR) is 108 cm³/mol. The van der Waals surface area contributed by atoms with Gasteiger partial charge in [-0.25, -0.2) is 4.79 Å². The molecule has 0 bridgehead atoms. The second-order valence-electron chi connectivity index (χ2n) is 7.87. The minimum absolute atomic E-state index is 0.0191. The highest BCUT2D eigenvalue weighted by Gasteiger charge is 2.29. The van der Waals surface area contributed by atoms with Crippen molar-refractivity contribution in [2.45, 2.75) is 38.8 Å².